The summed E-state index contributed by atoms with van der Waals surface area (Å²) in [6.45, 7) is 6.81. The number of hydrogen-bond donors (Lipinski definition) is 1. The van der Waals surface area contributed by atoms with E-state index in [9.17, 15) is 9.59 Å². The predicted molar refractivity (Wildman–Crippen MR) is 148 cm³/mol. The number of allylic oxidation sites excluding steroid dienone is 2. The SMILES string of the molecule is C=C(C)C(=O)OCCOCCOCCNC(=O)Oc1c2c(c(Oc3ccccc3)c3ccccc13)CC=CC2. The summed E-state index contributed by atoms with van der Waals surface area (Å²) in [5.41, 5.74) is 2.31. The second-order valence-electron chi connectivity index (χ2n) is 8.91. The molecule has 3 aromatic carbocycles. The highest BCUT2D eigenvalue weighted by molar-refractivity contribution is 5.98. The normalized spacial score (nSPS) is 12.0. The number of fused-ring (bicyclic) bond motifs is 2. The molecule has 1 aliphatic carbocycles. The smallest absolute Gasteiger partial charge is 0.412 e. The molecule has 0 heterocycles. The molecule has 0 aliphatic heterocycles. The number of amides is 1. The molecule has 0 spiro atoms. The van der Waals surface area contributed by atoms with Crippen molar-refractivity contribution in [2.75, 3.05) is 39.6 Å². The summed E-state index contributed by atoms with van der Waals surface area (Å²) < 4.78 is 28.0. The molecule has 0 fully saturated rings. The van der Waals surface area contributed by atoms with E-state index in [1.165, 1.54) is 0 Å². The minimum atomic E-state index is -0.548. The van der Waals surface area contributed by atoms with Crippen LogP contribution in [0.3, 0.4) is 0 Å². The molecule has 4 rings (SSSR count). The number of carbonyl (C=O) groups excluding carboxylic acids is 2. The number of esters is 1. The van der Waals surface area contributed by atoms with Crippen LogP contribution in [0.2, 0.25) is 0 Å². The first-order valence-corrected chi connectivity index (χ1v) is 12.9. The Hall–Kier alpha value is -4.14. The van der Waals surface area contributed by atoms with Crippen molar-refractivity contribution in [2.45, 2.75) is 19.8 Å². The Balaban J connectivity index is 1.31. The van der Waals surface area contributed by atoms with Gasteiger partial charge in [-0.2, -0.15) is 0 Å². The van der Waals surface area contributed by atoms with Crippen molar-refractivity contribution in [3.8, 4) is 17.2 Å². The predicted octanol–water partition coefficient (Wildman–Crippen LogP) is 5.53. The number of rotatable bonds is 13. The quantitative estimate of drug-likeness (QED) is 0.134. The molecule has 1 amide bonds. The van der Waals surface area contributed by atoms with E-state index in [4.69, 9.17) is 23.7 Å². The van der Waals surface area contributed by atoms with E-state index in [0.717, 1.165) is 33.4 Å². The molecule has 0 aromatic heterocycles. The number of ether oxygens (including phenoxy) is 5. The van der Waals surface area contributed by atoms with Gasteiger partial charge in [-0.25, -0.2) is 9.59 Å². The largest absolute Gasteiger partial charge is 0.460 e. The fraction of sp³-hybridized carbons (Fsp3) is 0.290. The minimum Gasteiger partial charge on any atom is -0.460 e. The van der Waals surface area contributed by atoms with Crippen LogP contribution in [0, 0.1) is 0 Å². The lowest BCUT2D eigenvalue weighted by atomic mass is 9.90. The standard InChI is InChI=1S/C31H33NO7/c1-22(2)30(33)37-21-20-36-19-18-35-17-16-32-31(34)39-29-26-14-8-6-12-24(26)28(25-13-7-9-15-27(25)29)38-23-10-4-3-5-11-23/h3-12,14H,1,13,15-21H2,2H3,(H,32,34). The van der Waals surface area contributed by atoms with Gasteiger partial charge in [-0.3, -0.25) is 0 Å². The maximum absolute atomic E-state index is 12.7. The van der Waals surface area contributed by atoms with E-state index < -0.39 is 12.1 Å². The van der Waals surface area contributed by atoms with Crippen LogP contribution in [-0.2, 0) is 31.8 Å². The molecule has 8 nitrogen and oxygen atoms in total. The summed E-state index contributed by atoms with van der Waals surface area (Å²) in [4.78, 5) is 24.0. The van der Waals surface area contributed by atoms with Crippen molar-refractivity contribution in [3.63, 3.8) is 0 Å². The van der Waals surface area contributed by atoms with Crippen LogP contribution in [0.4, 0.5) is 4.79 Å². The van der Waals surface area contributed by atoms with Crippen molar-refractivity contribution >= 4 is 22.8 Å². The van der Waals surface area contributed by atoms with Gasteiger partial charge in [0.15, 0.2) is 0 Å². The van der Waals surface area contributed by atoms with Crippen LogP contribution >= 0.6 is 0 Å². The molecule has 3 aromatic rings. The molecule has 8 heteroatoms. The molecule has 0 saturated heterocycles. The van der Waals surface area contributed by atoms with E-state index in [1.807, 2.05) is 54.6 Å². The van der Waals surface area contributed by atoms with E-state index in [2.05, 4.69) is 24.0 Å². The van der Waals surface area contributed by atoms with E-state index >= 15 is 0 Å². The van der Waals surface area contributed by atoms with Crippen molar-refractivity contribution in [3.05, 3.63) is 90.0 Å². The molecular formula is C31H33NO7. The lowest BCUT2D eigenvalue weighted by molar-refractivity contribution is -0.140. The van der Waals surface area contributed by atoms with Crippen molar-refractivity contribution < 1.29 is 33.3 Å². The zero-order valence-electron chi connectivity index (χ0n) is 22.1. The zero-order chi connectivity index (χ0) is 27.5. The summed E-state index contributed by atoms with van der Waals surface area (Å²) in [6.07, 6.45) is 4.96. The van der Waals surface area contributed by atoms with Crippen LogP contribution in [0.15, 0.2) is 78.9 Å². The average molecular weight is 532 g/mol. The second-order valence-corrected chi connectivity index (χ2v) is 8.91. The first kappa shape index (κ1) is 27.9. The topological polar surface area (TPSA) is 92.3 Å². The molecule has 1 aliphatic rings. The number of carbonyl (C=O) groups is 2. The third kappa shape index (κ3) is 7.69. The molecule has 0 bridgehead atoms. The Morgan fingerprint density at radius 1 is 0.795 bits per heavy atom. The second kappa shape index (κ2) is 14.1. The van der Waals surface area contributed by atoms with Gasteiger partial charge in [-0.15, -0.1) is 0 Å². The maximum atomic E-state index is 12.7. The summed E-state index contributed by atoms with van der Waals surface area (Å²) in [6, 6.07) is 17.5. The van der Waals surface area contributed by atoms with Gasteiger partial charge in [0, 0.05) is 34.0 Å². The van der Waals surface area contributed by atoms with Crippen LogP contribution in [0.1, 0.15) is 18.1 Å². The first-order valence-electron chi connectivity index (χ1n) is 12.9. The number of nitrogens with one attached hydrogen (secondary N) is 1. The molecule has 39 heavy (non-hydrogen) atoms. The first-order chi connectivity index (χ1) is 19.0. The van der Waals surface area contributed by atoms with Crippen molar-refractivity contribution in [2.24, 2.45) is 0 Å². The van der Waals surface area contributed by atoms with Crippen LogP contribution < -0.4 is 14.8 Å². The lowest BCUT2D eigenvalue weighted by Gasteiger charge is -2.23. The monoisotopic (exact) mass is 531 g/mol. The fourth-order valence-corrected chi connectivity index (χ4v) is 4.14. The van der Waals surface area contributed by atoms with Crippen LogP contribution in [0.25, 0.3) is 10.8 Å². The van der Waals surface area contributed by atoms with Gasteiger partial charge >= 0.3 is 12.1 Å². The molecule has 0 saturated carbocycles. The van der Waals surface area contributed by atoms with E-state index in [1.54, 1.807) is 6.92 Å². The van der Waals surface area contributed by atoms with Gasteiger partial charge in [0.2, 0.25) is 0 Å². The molecule has 0 radical (unpaired) electrons. The van der Waals surface area contributed by atoms with E-state index in [-0.39, 0.29) is 19.8 Å². The maximum Gasteiger partial charge on any atom is 0.412 e. The highest BCUT2D eigenvalue weighted by Gasteiger charge is 2.24. The van der Waals surface area contributed by atoms with Crippen molar-refractivity contribution in [1.82, 2.24) is 5.32 Å². The summed E-state index contributed by atoms with van der Waals surface area (Å²) in [7, 11) is 0. The van der Waals surface area contributed by atoms with Gasteiger partial charge in [-0.1, -0.05) is 61.2 Å². The highest BCUT2D eigenvalue weighted by Crippen LogP contribution is 2.44. The Morgan fingerprint density at radius 3 is 2.08 bits per heavy atom. The van der Waals surface area contributed by atoms with Crippen molar-refractivity contribution in [1.29, 1.82) is 0 Å². The summed E-state index contributed by atoms with van der Waals surface area (Å²) in [5, 5.41) is 4.45. The van der Waals surface area contributed by atoms with Crippen LogP contribution in [0.5, 0.6) is 17.2 Å². The summed E-state index contributed by atoms with van der Waals surface area (Å²) >= 11 is 0. The molecule has 1 N–H and O–H groups in total. The Labute approximate surface area is 228 Å². The van der Waals surface area contributed by atoms with Gasteiger partial charge in [0.1, 0.15) is 23.9 Å². The molecule has 0 unspecified atom stereocenters. The number of hydrogen-bond acceptors (Lipinski definition) is 7. The minimum absolute atomic E-state index is 0.159. The van der Waals surface area contributed by atoms with Gasteiger partial charge < -0.3 is 29.0 Å². The Morgan fingerprint density at radius 2 is 1.38 bits per heavy atom. The molecular weight excluding hydrogens is 498 g/mol. The average Bonchev–Trinajstić information content (AvgIpc) is 2.96. The number of benzene rings is 3. The fourth-order valence-electron chi connectivity index (χ4n) is 4.14. The zero-order valence-corrected chi connectivity index (χ0v) is 22.1. The number of para-hydroxylation sites is 1. The summed E-state index contributed by atoms with van der Waals surface area (Å²) in [5.74, 6) is 1.65. The van der Waals surface area contributed by atoms with Gasteiger partial charge in [0.05, 0.1) is 26.4 Å². The van der Waals surface area contributed by atoms with E-state index in [0.29, 0.717) is 44.0 Å². The van der Waals surface area contributed by atoms with Gasteiger partial charge in [0.25, 0.3) is 0 Å². The lowest BCUT2D eigenvalue weighted by Crippen LogP contribution is -2.30. The highest BCUT2D eigenvalue weighted by atomic mass is 16.6. The third-order valence-electron chi connectivity index (χ3n) is 5.99. The Bertz CT molecular complexity index is 1330. The third-order valence-corrected chi connectivity index (χ3v) is 5.99. The molecule has 204 valence electrons. The Kier molecular flexibility index (Phi) is 10.1. The van der Waals surface area contributed by atoms with Crippen LogP contribution in [-0.4, -0.2) is 51.6 Å². The van der Waals surface area contributed by atoms with Gasteiger partial charge in [-0.05, 0) is 31.9 Å². The molecule has 0 atom stereocenters.